The van der Waals surface area contributed by atoms with Gasteiger partial charge in [0.15, 0.2) is 5.65 Å². The first-order chi connectivity index (χ1) is 18.0. The predicted octanol–water partition coefficient (Wildman–Crippen LogP) is 4.17. The molecule has 0 fully saturated rings. The van der Waals surface area contributed by atoms with Gasteiger partial charge in [-0.1, -0.05) is 12.1 Å². The number of aromatic nitrogens is 7. The SMILES string of the molecule is CCn1ncc2c1CCC[C@H]2n1nc(-c2ccc(C(=O)Nc3cc(C)ccn3)cc2)c2c(N)ncnc21. The molecule has 1 amide bonds. The van der Waals surface area contributed by atoms with Crippen LogP contribution in [0.5, 0.6) is 0 Å². The first-order valence-corrected chi connectivity index (χ1v) is 12.4. The lowest BCUT2D eigenvalue weighted by Crippen LogP contribution is -2.19. The number of fused-ring (bicyclic) bond motifs is 2. The Morgan fingerprint density at radius 1 is 1.16 bits per heavy atom. The fourth-order valence-electron chi connectivity index (χ4n) is 5.11. The summed E-state index contributed by atoms with van der Waals surface area (Å²) >= 11 is 0. The van der Waals surface area contributed by atoms with Gasteiger partial charge in [0.2, 0.25) is 0 Å². The van der Waals surface area contributed by atoms with E-state index >= 15 is 0 Å². The summed E-state index contributed by atoms with van der Waals surface area (Å²) in [5.41, 5.74) is 12.5. The second kappa shape index (κ2) is 9.12. The minimum absolute atomic E-state index is 0.0153. The number of amides is 1. The molecule has 1 aromatic carbocycles. The summed E-state index contributed by atoms with van der Waals surface area (Å²) in [6.45, 7) is 4.89. The van der Waals surface area contributed by atoms with Crippen molar-refractivity contribution in [3.8, 4) is 11.3 Å². The van der Waals surface area contributed by atoms with E-state index in [4.69, 9.17) is 10.8 Å². The Labute approximate surface area is 213 Å². The van der Waals surface area contributed by atoms with Crippen molar-refractivity contribution in [1.82, 2.24) is 34.5 Å². The highest BCUT2D eigenvalue weighted by Gasteiger charge is 2.29. The highest BCUT2D eigenvalue weighted by molar-refractivity contribution is 6.04. The van der Waals surface area contributed by atoms with E-state index in [1.165, 1.54) is 17.6 Å². The molecule has 10 nitrogen and oxygen atoms in total. The second-order valence-corrected chi connectivity index (χ2v) is 9.27. The molecule has 4 aromatic heterocycles. The van der Waals surface area contributed by atoms with Crippen LogP contribution in [0.1, 0.15) is 53.0 Å². The van der Waals surface area contributed by atoms with Crippen LogP contribution in [-0.2, 0) is 13.0 Å². The number of nitrogens with one attached hydrogen (secondary N) is 1. The molecule has 6 rings (SSSR count). The van der Waals surface area contributed by atoms with Crippen LogP contribution in [0, 0.1) is 6.92 Å². The molecular formula is C27H27N9O. The number of nitrogen functional groups attached to an aromatic ring is 1. The number of aryl methyl sites for hydroxylation is 2. The number of hydrogen-bond donors (Lipinski definition) is 2. The molecule has 0 saturated carbocycles. The molecule has 5 aromatic rings. The van der Waals surface area contributed by atoms with E-state index in [1.54, 1.807) is 18.3 Å². The van der Waals surface area contributed by atoms with Crippen molar-refractivity contribution in [3.63, 3.8) is 0 Å². The number of benzene rings is 1. The second-order valence-electron chi connectivity index (χ2n) is 9.27. The number of carbonyl (C=O) groups is 1. The maximum atomic E-state index is 12.8. The maximum absolute atomic E-state index is 12.8. The fourth-order valence-corrected chi connectivity index (χ4v) is 5.11. The molecule has 0 saturated heterocycles. The Hall–Kier alpha value is -4.60. The fraction of sp³-hybridized carbons (Fsp3) is 0.259. The van der Waals surface area contributed by atoms with Crippen molar-refractivity contribution >= 4 is 28.6 Å². The summed E-state index contributed by atoms with van der Waals surface area (Å²) in [6.07, 6.45) is 8.09. The third-order valence-corrected chi connectivity index (χ3v) is 6.92. The van der Waals surface area contributed by atoms with Crippen molar-refractivity contribution in [2.75, 3.05) is 11.1 Å². The van der Waals surface area contributed by atoms with Gasteiger partial charge >= 0.3 is 0 Å². The van der Waals surface area contributed by atoms with Gasteiger partial charge in [0, 0.05) is 35.1 Å². The summed E-state index contributed by atoms with van der Waals surface area (Å²) in [7, 11) is 0. The summed E-state index contributed by atoms with van der Waals surface area (Å²) in [6, 6.07) is 11.0. The Bertz CT molecular complexity index is 1620. The number of anilines is 2. The van der Waals surface area contributed by atoms with Crippen LogP contribution in [0.4, 0.5) is 11.6 Å². The van der Waals surface area contributed by atoms with E-state index in [1.807, 2.05) is 42.1 Å². The lowest BCUT2D eigenvalue weighted by Gasteiger charge is -2.23. The van der Waals surface area contributed by atoms with Crippen molar-refractivity contribution in [2.24, 2.45) is 0 Å². The summed E-state index contributed by atoms with van der Waals surface area (Å²) in [5.74, 6) is 0.659. The Morgan fingerprint density at radius 2 is 2.00 bits per heavy atom. The lowest BCUT2D eigenvalue weighted by molar-refractivity contribution is 0.102. The van der Waals surface area contributed by atoms with E-state index in [-0.39, 0.29) is 11.9 Å². The third kappa shape index (κ3) is 4.00. The zero-order valence-electron chi connectivity index (χ0n) is 20.7. The van der Waals surface area contributed by atoms with Crippen LogP contribution in [0.25, 0.3) is 22.3 Å². The molecule has 3 N–H and O–H groups in total. The Kier molecular flexibility index (Phi) is 5.63. The topological polar surface area (TPSA) is 129 Å². The van der Waals surface area contributed by atoms with Gasteiger partial charge in [-0.05, 0) is 62.9 Å². The van der Waals surface area contributed by atoms with Gasteiger partial charge in [0.1, 0.15) is 23.7 Å². The molecule has 4 heterocycles. The smallest absolute Gasteiger partial charge is 0.256 e. The van der Waals surface area contributed by atoms with Gasteiger partial charge in [0.25, 0.3) is 5.91 Å². The minimum atomic E-state index is -0.231. The van der Waals surface area contributed by atoms with Gasteiger partial charge in [-0.2, -0.15) is 10.2 Å². The molecule has 10 heteroatoms. The summed E-state index contributed by atoms with van der Waals surface area (Å²) in [4.78, 5) is 25.8. The maximum Gasteiger partial charge on any atom is 0.256 e. The molecular weight excluding hydrogens is 466 g/mol. The van der Waals surface area contributed by atoms with Crippen LogP contribution in [0.3, 0.4) is 0 Å². The average Bonchev–Trinajstić information content (AvgIpc) is 3.51. The number of nitrogens with zero attached hydrogens (tertiary/aromatic N) is 7. The minimum Gasteiger partial charge on any atom is -0.383 e. The first kappa shape index (κ1) is 22.8. The number of nitrogens with two attached hydrogens (primary N) is 1. The van der Waals surface area contributed by atoms with E-state index in [0.717, 1.165) is 36.9 Å². The highest BCUT2D eigenvalue weighted by Crippen LogP contribution is 2.38. The number of pyridine rings is 1. The largest absolute Gasteiger partial charge is 0.383 e. The third-order valence-electron chi connectivity index (χ3n) is 6.92. The number of carbonyl (C=O) groups excluding carboxylic acids is 1. The van der Waals surface area contributed by atoms with Crippen LogP contribution in [0.2, 0.25) is 0 Å². The number of rotatable bonds is 5. The quantitative estimate of drug-likeness (QED) is 0.376. The molecule has 186 valence electrons. The Morgan fingerprint density at radius 3 is 2.78 bits per heavy atom. The predicted molar refractivity (Wildman–Crippen MR) is 141 cm³/mol. The van der Waals surface area contributed by atoms with Crippen LogP contribution in [0.15, 0.2) is 55.1 Å². The first-order valence-electron chi connectivity index (χ1n) is 12.4. The Balaban J connectivity index is 1.37. The standard InChI is InChI=1S/C27H27N9O/c1-3-35-20-5-4-6-21(19(20)14-32-35)36-26-23(25(28)30-15-31-26)24(34-36)17-7-9-18(10-8-17)27(37)33-22-13-16(2)11-12-29-22/h7-15,21H,3-6H2,1-2H3,(H2,28,30,31)(H,29,33,37)/t21-/m1/s1. The molecule has 0 spiro atoms. The average molecular weight is 494 g/mol. The molecule has 1 aliphatic carbocycles. The van der Waals surface area contributed by atoms with E-state index in [2.05, 4.69) is 37.0 Å². The van der Waals surface area contributed by atoms with E-state index in [9.17, 15) is 4.79 Å². The van der Waals surface area contributed by atoms with Crippen LogP contribution in [-0.4, -0.2) is 40.4 Å². The molecule has 1 atom stereocenters. The van der Waals surface area contributed by atoms with Crippen LogP contribution < -0.4 is 11.1 Å². The van der Waals surface area contributed by atoms with Gasteiger partial charge in [-0.15, -0.1) is 0 Å². The van der Waals surface area contributed by atoms with Gasteiger partial charge in [0.05, 0.1) is 17.6 Å². The molecule has 0 radical (unpaired) electrons. The molecule has 0 unspecified atom stereocenters. The van der Waals surface area contributed by atoms with Gasteiger partial charge in [-0.3, -0.25) is 9.48 Å². The molecule has 0 aliphatic heterocycles. The molecule has 37 heavy (non-hydrogen) atoms. The zero-order valence-corrected chi connectivity index (χ0v) is 20.7. The van der Waals surface area contributed by atoms with Crippen molar-refractivity contribution in [2.45, 2.75) is 45.7 Å². The van der Waals surface area contributed by atoms with Crippen molar-refractivity contribution in [1.29, 1.82) is 0 Å². The van der Waals surface area contributed by atoms with E-state index in [0.29, 0.717) is 33.9 Å². The van der Waals surface area contributed by atoms with Gasteiger partial charge in [-0.25, -0.2) is 19.6 Å². The molecule has 1 aliphatic rings. The molecule has 0 bridgehead atoms. The van der Waals surface area contributed by atoms with E-state index < -0.39 is 0 Å². The monoisotopic (exact) mass is 493 g/mol. The van der Waals surface area contributed by atoms with Crippen molar-refractivity contribution in [3.05, 3.63) is 77.5 Å². The van der Waals surface area contributed by atoms with Crippen molar-refractivity contribution < 1.29 is 4.79 Å². The lowest BCUT2D eigenvalue weighted by atomic mass is 9.93. The van der Waals surface area contributed by atoms with Gasteiger partial charge < -0.3 is 11.1 Å². The summed E-state index contributed by atoms with van der Waals surface area (Å²) < 4.78 is 4.03. The van der Waals surface area contributed by atoms with Crippen LogP contribution >= 0.6 is 0 Å². The normalized spacial score (nSPS) is 15.0. The summed E-state index contributed by atoms with van der Waals surface area (Å²) in [5, 5.41) is 13.2. The highest BCUT2D eigenvalue weighted by atomic mass is 16.1. The number of hydrogen-bond acceptors (Lipinski definition) is 7. The zero-order chi connectivity index (χ0) is 25.5.